The third-order valence-electron chi connectivity index (χ3n) is 1.80. The van der Waals surface area contributed by atoms with Gasteiger partial charge in [0.05, 0.1) is 18.1 Å². The fourth-order valence-corrected chi connectivity index (χ4v) is 1.20. The maximum absolute atomic E-state index is 12.3. The number of rotatable bonds is 2. The van der Waals surface area contributed by atoms with E-state index in [1.54, 1.807) is 0 Å². The van der Waals surface area contributed by atoms with Gasteiger partial charge in [-0.25, -0.2) is 9.97 Å². The summed E-state index contributed by atoms with van der Waals surface area (Å²) in [5.41, 5.74) is 0.0276. The first-order chi connectivity index (χ1) is 7.34. The van der Waals surface area contributed by atoms with Crippen LogP contribution in [-0.2, 0) is 4.79 Å². The van der Waals surface area contributed by atoms with Crippen molar-refractivity contribution in [2.45, 2.75) is 26.1 Å². The summed E-state index contributed by atoms with van der Waals surface area (Å²) in [5.74, 6) is -1.92. The van der Waals surface area contributed by atoms with E-state index in [2.05, 4.69) is 9.97 Å². The fourth-order valence-electron chi connectivity index (χ4n) is 1.20. The highest BCUT2D eigenvalue weighted by Gasteiger charge is 2.44. The molecular weight excluding hydrogens is 223 g/mol. The molecule has 0 atom stereocenters. The van der Waals surface area contributed by atoms with E-state index in [4.69, 9.17) is 0 Å². The van der Waals surface area contributed by atoms with Gasteiger partial charge in [0.2, 0.25) is 0 Å². The summed E-state index contributed by atoms with van der Waals surface area (Å²) in [6.45, 7) is 2.97. The van der Waals surface area contributed by atoms with Crippen molar-refractivity contribution in [3.05, 3.63) is 18.7 Å². The second-order valence-corrected chi connectivity index (χ2v) is 3.36. The number of nitrogens with zero attached hydrogens (tertiary/aromatic N) is 3. The molecule has 0 saturated carbocycles. The molecule has 0 N–H and O–H groups in total. The van der Waals surface area contributed by atoms with Crippen LogP contribution >= 0.6 is 0 Å². The molecule has 0 bridgehead atoms. The first-order valence-corrected chi connectivity index (χ1v) is 4.49. The maximum atomic E-state index is 12.3. The highest BCUT2D eigenvalue weighted by molar-refractivity contribution is 5.97. The molecular formula is C9H10F3N3O. The van der Waals surface area contributed by atoms with Crippen LogP contribution in [-0.4, -0.2) is 28.1 Å². The zero-order valence-electron chi connectivity index (χ0n) is 8.69. The number of alkyl halides is 3. The van der Waals surface area contributed by atoms with Gasteiger partial charge < -0.3 is 0 Å². The van der Waals surface area contributed by atoms with E-state index in [1.165, 1.54) is 20.2 Å². The van der Waals surface area contributed by atoms with Crippen molar-refractivity contribution in [1.82, 2.24) is 9.97 Å². The fraction of sp³-hybridized carbons (Fsp3) is 0.444. The Morgan fingerprint density at radius 1 is 1.31 bits per heavy atom. The van der Waals surface area contributed by atoms with Crippen molar-refractivity contribution < 1.29 is 18.0 Å². The molecule has 1 aromatic rings. The summed E-state index contributed by atoms with van der Waals surface area (Å²) in [6, 6.07) is -0.625. The summed E-state index contributed by atoms with van der Waals surface area (Å²) in [6.07, 6.45) is -1.40. The minimum Gasteiger partial charge on any atom is -0.299 e. The molecule has 4 nitrogen and oxygen atoms in total. The number of aromatic nitrogens is 2. The van der Waals surface area contributed by atoms with E-state index < -0.39 is 18.1 Å². The number of hydrogen-bond acceptors (Lipinski definition) is 3. The number of carbonyl (C=O) groups excluding carboxylic acids is 1. The van der Waals surface area contributed by atoms with Gasteiger partial charge in [-0.05, 0) is 13.8 Å². The van der Waals surface area contributed by atoms with Gasteiger partial charge in [-0.15, -0.1) is 0 Å². The molecule has 0 aliphatic rings. The van der Waals surface area contributed by atoms with Crippen molar-refractivity contribution in [3.63, 3.8) is 0 Å². The van der Waals surface area contributed by atoms with E-state index in [1.807, 2.05) is 0 Å². The Hall–Kier alpha value is -1.66. The van der Waals surface area contributed by atoms with E-state index in [0.29, 0.717) is 4.90 Å². The molecule has 16 heavy (non-hydrogen) atoms. The third-order valence-corrected chi connectivity index (χ3v) is 1.80. The van der Waals surface area contributed by atoms with Crippen molar-refractivity contribution >= 4 is 11.6 Å². The normalized spacial score (nSPS) is 11.6. The molecule has 0 spiro atoms. The Morgan fingerprint density at radius 3 is 2.19 bits per heavy atom. The Bertz CT molecular complexity index is 364. The number of anilines is 1. The van der Waals surface area contributed by atoms with Crippen molar-refractivity contribution in [2.24, 2.45) is 0 Å². The summed E-state index contributed by atoms with van der Waals surface area (Å²) in [4.78, 5) is 18.9. The van der Waals surface area contributed by atoms with Crippen LogP contribution in [0.5, 0.6) is 0 Å². The van der Waals surface area contributed by atoms with Crippen LogP contribution < -0.4 is 4.90 Å². The number of amides is 1. The molecule has 0 unspecified atom stereocenters. The van der Waals surface area contributed by atoms with Gasteiger partial charge in [0.25, 0.3) is 0 Å². The molecule has 88 valence electrons. The lowest BCUT2D eigenvalue weighted by atomic mass is 10.3. The molecule has 1 aromatic heterocycles. The minimum absolute atomic E-state index is 0.0276. The smallest absolute Gasteiger partial charge is 0.299 e. The maximum Gasteiger partial charge on any atom is 0.471 e. The van der Waals surface area contributed by atoms with Gasteiger partial charge in [-0.1, -0.05) is 0 Å². The van der Waals surface area contributed by atoms with Gasteiger partial charge in [-0.3, -0.25) is 9.69 Å². The average Bonchev–Trinajstić information content (AvgIpc) is 2.17. The first kappa shape index (κ1) is 12.4. The van der Waals surface area contributed by atoms with Crippen molar-refractivity contribution in [3.8, 4) is 0 Å². The summed E-state index contributed by atoms with van der Waals surface area (Å²) >= 11 is 0. The van der Waals surface area contributed by atoms with Crippen LogP contribution in [0.2, 0.25) is 0 Å². The van der Waals surface area contributed by atoms with Crippen LogP contribution in [0.1, 0.15) is 13.8 Å². The molecule has 1 rings (SSSR count). The SMILES string of the molecule is CC(C)N(C(=O)C(F)(F)F)c1cncnc1. The predicted molar refractivity (Wildman–Crippen MR) is 50.7 cm³/mol. The van der Waals surface area contributed by atoms with Crippen molar-refractivity contribution in [1.29, 1.82) is 0 Å². The van der Waals surface area contributed by atoms with Gasteiger partial charge in [-0.2, -0.15) is 13.2 Å². The zero-order chi connectivity index (χ0) is 12.3. The number of halogens is 3. The molecule has 0 fully saturated rings. The van der Waals surface area contributed by atoms with E-state index >= 15 is 0 Å². The lowest BCUT2D eigenvalue weighted by molar-refractivity contribution is -0.170. The van der Waals surface area contributed by atoms with Gasteiger partial charge in [0.1, 0.15) is 6.33 Å². The molecule has 0 radical (unpaired) electrons. The van der Waals surface area contributed by atoms with Crippen LogP contribution in [0.15, 0.2) is 18.7 Å². The average molecular weight is 233 g/mol. The van der Waals surface area contributed by atoms with Crippen LogP contribution in [0.3, 0.4) is 0 Å². The molecule has 1 heterocycles. The van der Waals surface area contributed by atoms with Crippen molar-refractivity contribution in [2.75, 3.05) is 4.90 Å². The zero-order valence-corrected chi connectivity index (χ0v) is 8.69. The Kier molecular flexibility index (Phi) is 3.46. The molecule has 7 heteroatoms. The van der Waals surface area contributed by atoms with Crippen LogP contribution in [0, 0.1) is 0 Å². The third kappa shape index (κ3) is 2.68. The van der Waals surface area contributed by atoms with E-state index in [9.17, 15) is 18.0 Å². The molecule has 0 saturated heterocycles. The summed E-state index contributed by atoms with van der Waals surface area (Å²) < 4.78 is 36.9. The Balaban J connectivity index is 3.07. The Morgan fingerprint density at radius 2 is 1.81 bits per heavy atom. The quantitative estimate of drug-likeness (QED) is 0.782. The minimum atomic E-state index is -4.90. The highest BCUT2D eigenvalue weighted by Crippen LogP contribution is 2.24. The first-order valence-electron chi connectivity index (χ1n) is 4.49. The summed E-state index contributed by atoms with van der Waals surface area (Å²) in [5, 5.41) is 0. The molecule has 0 aromatic carbocycles. The molecule has 1 amide bonds. The predicted octanol–water partition coefficient (Wildman–Crippen LogP) is 1.78. The summed E-state index contributed by atoms with van der Waals surface area (Å²) in [7, 11) is 0. The highest BCUT2D eigenvalue weighted by atomic mass is 19.4. The standard InChI is InChI=1S/C9H10F3N3O/c1-6(2)15(8(16)9(10,11)12)7-3-13-5-14-4-7/h3-6H,1-2H3. The number of hydrogen-bond donors (Lipinski definition) is 0. The Labute approximate surface area is 90.1 Å². The molecule has 0 aliphatic carbocycles. The van der Waals surface area contributed by atoms with E-state index in [0.717, 1.165) is 12.4 Å². The van der Waals surface area contributed by atoms with Gasteiger partial charge >= 0.3 is 12.1 Å². The second-order valence-electron chi connectivity index (χ2n) is 3.36. The van der Waals surface area contributed by atoms with Crippen LogP contribution in [0.4, 0.5) is 18.9 Å². The van der Waals surface area contributed by atoms with Crippen LogP contribution in [0.25, 0.3) is 0 Å². The largest absolute Gasteiger partial charge is 0.471 e. The van der Waals surface area contributed by atoms with Gasteiger partial charge in [0.15, 0.2) is 0 Å². The monoisotopic (exact) mass is 233 g/mol. The second kappa shape index (κ2) is 4.46. The van der Waals surface area contributed by atoms with E-state index in [-0.39, 0.29) is 5.69 Å². The number of carbonyl (C=O) groups is 1. The topological polar surface area (TPSA) is 46.1 Å². The lowest BCUT2D eigenvalue weighted by Gasteiger charge is -2.26. The van der Waals surface area contributed by atoms with Gasteiger partial charge in [0, 0.05) is 6.04 Å². The lowest BCUT2D eigenvalue weighted by Crippen LogP contribution is -2.45. The molecule has 0 aliphatic heterocycles.